The number of rotatable bonds is 8. The Labute approximate surface area is 125 Å². The van der Waals surface area contributed by atoms with E-state index in [0.29, 0.717) is 25.2 Å². The summed E-state index contributed by atoms with van der Waals surface area (Å²) >= 11 is 0. The topological polar surface area (TPSA) is 93.2 Å². The van der Waals surface area contributed by atoms with Crippen LogP contribution in [-0.2, 0) is 11.3 Å². The van der Waals surface area contributed by atoms with E-state index < -0.39 is 0 Å². The standard InChI is InChI=1S/C14H25N5O2/c1-4-7-16-13(20)10-18(3)14(21)12-9-17-19(11(12)2)8-5-6-15/h9H,4-8,10,15H2,1-3H3,(H,16,20). The van der Waals surface area contributed by atoms with E-state index in [-0.39, 0.29) is 18.4 Å². The summed E-state index contributed by atoms with van der Waals surface area (Å²) in [5.41, 5.74) is 6.80. The smallest absolute Gasteiger partial charge is 0.257 e. The summed E-state index contributed by atoms with van der Waals surface area (Å²) in [5, 5.41) is 6.95. The first-order chi connectivity index (χ1) is 10.0. The van der Waals surface area contributed by atoms with E-state index in [1.165, 1.54) is 4.90 Å². The Morgan fingerprint density at radius 1 is 1.48 bits per heavy atom. The number of aryl methyl sites for hydroxylation is 1. The van der Waals surface area contributed by atoms with Crippen molar-refractivity contribution in [2.45, 2.75) is 33.2 Å². The Morgan fingerprint density at radius 2 is 2.19 bits per heavy atom. The number of hydrogen-bond donors (Lipinski definition) is 2. The molecule has 3 N–H and O–H groups in total. The van der Waals surface area contributed by atoms with Gasteiger partial charge in [-0.05, 0) is 26.3 Å². The summed E-state index contributed by atoms with van der Waals surface area (Å²) in [7, 11) is 1.62. The minimum Gasteiger partial charge on any atom is -0.355 e. The number of nitrogens with zero attached hydrogens (tertiary/aromatic N) is 3. The van der Waals surface area contributed by atoms with Gasteiger partial charge in [-0.1, -0.05) is 6.92 Å². The molecule has 0 fully saturated rings. The molecule has 0 aliphatic carbocycles. The van der Waals surface area contributed by atoms with Crippen molar-refractivity contribution in [2.24, 2.45) is 5.73 Å². The van der Waals surface area contributed by atoms with Crippen LogP contribution in [0.5, 0.6) is 0 Å². The van der Waals surface area contributed by atoms with Crippen molar-refractivity contribution in [2.75, 3.05) is 26.7 Å². The first kappa shape index (κ1) is 17.2. The second kappa shape index (κ2) is 8.41. The van der Waals surface area contributed by atoms with Crippen LogP contribution in [0.1, 0.15) is 35.8 Å². The molecule has 0 saturated carbocycles. The second-order valence-corrected chi connectivity index (χ2v) is 5.02. The molecular weight excluding hydrogens is 270 g/mol. The molecular formula is C14H25N5O2. The zero-order valence-corrected chi connectivity index (χ0v) is 13.1. The van der Waals surface area contributed by atoms with E-state index in [9.17, 15) is 9.59 Å². The maximum Gasteiger partial charge on any atom is 0.257 e. The van der Waals surface area contributed by atoms with E-state index >= 15 is 0 Å². The number of nitrogens with one attached hydrogen (secondary N) is 1. The molecule has 1 aromatic rings. The highest BCUT2D eigenvalue weighted by Crippen LogP contribution is 2.10. The average molecular weight is 295 g/mol. The van der Waals surface area contributed by atoms with Gasteiger partial charge in [-0.15, -0.1) is 0 Å². The lowest BCUT2D eigenvalue weighted by atomic mass is 10.2. The lowest BCUT2D eigenvalue weighted by Crippen LogP contribution is -2.38. The fourth-order valence-corrected chi connectivity index (χ4v) is 1.94. The van der Waals surface area contributed by atoms with Crippen LogP contribution in [0.4, 0.5) is 0 Å². The second-order valence-electron chi connectivity index (χ2n) is 5.02. The van der Waals surface area contributed by atoms with Crippen molar-refractivity contribution >= 4 is 11.8 Å². The van der Waals surface area contributed by atoms with Crippen LogP contribution in [0.3, 0.4) is 0 Å². The highest BCUT2D eigenvalue weighted by atomic mass is 16.2. The number of amides is 2. The predicted molar refractivity (Wildman–Crippen MR) is 80.9 cm³/mol. The van der Waals surface area contributed by atoms with Gasteiger partial charge in [0.2, 0.25) is 5.91 Å². The van der Waals surface area contributed by atoms with Crippen LogP contribution in [0.2, 0.25) is 0 Å². The molecule has 1 aromatic heterocycles. The normalized spacial score (nSPS) is 10.5. The monoisotopic (exact) mass is 295 g/mol. The zero-order valence-electron chi connectivity index (χ0n) is 13.1. The Balaban J connectivity index is 2.65. The number of aromatic nitrogens is 2. The van der Waals surface area contributed by atoms with E-state index in [2.05, 4.69) is 10.4 Å². The molecule has 0 bridgehead atoms. The first-order valence-electron chi connectivity index (χ1n) is 7.25. The maximum atomic E-state index is 12.3. The summed E-state index contributed by atoms with van der Waals surface area (Å²) in [5.74, 6) is -0.348. The molecule has 0 saturated heterocycles. The van der Waals surface area contributed by atoms with Gasteiger partial charge in [0.15, 0.2) is 0 Å². The predicted octanol–water partition coefficient (Wildman–Crippen LogP) is 0.139. The number of hydrogen-bond acceptors (Lipinski definition) is 4. The van der Waals surface area contributed by atoms with E-state index in [4.69, 9.17) is 5.73 Å². The van der Waals surface area contributed by atoms with Gasteiger partial charge >= 0.3 is 0 Å². The third kappa shape index (κ3) is 4.86. The van der Waals surface area contributed by atoms with Gasteiger partial charge in [0.1, 0.15) is 0 Å². The van der Waals surface area contributed by atoms with Gasteiger partial charge in [0.05, 0.1) is 18.3 Å². The van der Waals surface area contributed by atoms with E-state index in [1.54, 1.807) is 17.9 Å². The molecule has 2 amide bonds. The molecule has 0 radical (unpaired) electrons. The van der Waals surface area contributed by atoms with Crippen molar-refractivity contribution < 1.29 is 9.59 Å². The molecule has 21 heavy (non-hydrogen) atoms. The third-order valence-electron chi connectivity index (χ3n) is 3.21. The number of nitrogens with two attached hydrogens (primary N) is 1. The highest BCUT2D eigenvalue weighted by molar-refractivity contribution is 5.97. The quantitative estimate of drug-likeness (QED) is 0.713. The largest absolute Gasteiger partial charge is 0.355 e. The van der Waals surface area contributed by atoms with Crippen molar-refractivity contribution in [3.05, 3.63) is 17.5 Å². The van der Waals surface area contributed by atoms with Crippen LogP contribution in [0.15, 0.2) is 6.20 Å². The third-order valence-corrected chi connectivity index (χ3v) is 3.21. The molecule has 1 heterocycles. The van der Waals surface area contributed by atoms with Crippen LogP contribution in [-0.4, -0.2) is 53.2 Å². The first-order valence-corrected chi connectivity index (χ1v) is 7.25. The van der Waals surface area contributed by atoms with Gasteiger partial charge in [0, 0.05) is 25.8 Å². The minimum absolute atomic E-state index is 0.0479. The zero-order chi connectivity index (χ0) is 15.8. The van der Waals surface area contributed by atoms with Gasteiger partial charge < -0.3 is 16.0 Å². The fourth-order valence-electron chi connectivity index (χ4n) is 1.94. The molecule has 0 atom stereocenters. The molecule has 0 aliphatic rings. The Kier molecular flexibility index (Phi) is 6.87. The summed E-state index contributed by atoms with van der Waals surface area (Å²) in [6.07, 6.45) is 3.23. The van der Waals surface area contributed by atoms with Gasteiger partial charge in [-0.2, -0.15) is 5.10 Å². The van der Waals surface area contributed by atoms with Crippen molar-refractivity contribution in [3.8, 4) is 0 Å². The van der Waals surface area contributed by atoms with E-state index in [0.717, 1.165) is 18.5 Å². The molecule has 0 aromatic carbocycles. The van der Waals surface area contributed by atoms with Crippen molar-refractivity contribution in [1.82, 2.24) is 20.0 Å². The number of carbonyl (C=O) groups is 2. The summed E-state index contributed by atoms with van der Waals surface area (Å²) in [6, 6.07) is 0. The molecule has 118 valence electrons. The van der Waals surface area contributed by atoms with E-state index in [1.807, 2.05) is 13.8 Å². The Bertz CT molecular complexity index is 484. The van der Waals surface area contributed by atoms with Gasteiger partial charge in [-0.3, -0.25) is 14.3 Å². The van der Waals surface area contributed by atoms with Crippen LogP contribution in [0.25, 0.3) is 0 Å². The van der Waals surface area contributed by atoms with Crippen molar-refractivity contribution in [1.29, 1.82) is 0 Å². The van der Waals surface area contributed by atoms with Crippen LogP contribution < -0.4 is 11.1 Å². The van der Waals surface area contributed by atoms with Gasteiger partial charge in [0.25, 0.3) is 5.91 Å². The minimum atomic E-state index is -0.196. The highest BCUT2D eigenvalue weighted by Gasteiger charge is 2.19. The molecule has 0 unspecified atom stereocenters. The molecule has 1 rings (SSSR count). The van der Waals surface area contributed by atoms with Gasteiger partial charge in [-0.25, -0.2) is 0 Å². The maximum absolute atomic E-state index is 12.3. The summed E-state index contributed by atoms with van der Waals surface area (Å²) in [4.78, 5) is 25.4. The summed E-state index contributed by atoms with van der Waals surface area (Å²) < 4.78 is 1.77. The molecule has 0 aliphatic heterocycles. The number of likely N-dealkylation sites (N-methyl/N-ethyl adjacent to an activating group) is 1. The Morgan fingerprint density at radius 3 is 2.81 bits per heavy atom. The van der Waals surface area contributed by atoms with Crippen LogP contribution >= 0.6 is 0 Å². The molecule has 7 nitrogen and oxygen atoms in total. The van der Waals surface area contributed by atoms with Crippen LogP contribution in [0, 0.1) is 6.92 Å². The Hall–Kier alpha value is -1.89. The lowest BCUT2D eigenvalue weighted by molar-refractivity contribution is -0.121. The van der Waals surface area contributed by atoms with Crippen molar-refractivity contribution in [3.63, 3.8) is 0 Å². The molecule has 7 heteroatoms. The molecule has 0 spiro atoms. The number of carbonyl (C=O) groups excluding carboxylic acids is 2. The SMILES string of the molecule is CCCNC(=O)CN(C)C(=O)c1cnn(CCCN)c1C. The lowest BCUT2D eigenvalue weighted by Gasteiger charge is -2.16. The summed E-state index contributed by atoms with van der Waals surface area (Å²) in [6.45, 7) is 5.77. The average Bonchev–Trinajstić information content (AvgIpc) is 2.83. The fraction of sp³-hybridized carbons (Fsp3) is 0.643.